The zero-order valence-corrected chi connectivity index (χ0v) is 11.3. The molecular weight excluding hydrogens is 216 g/mol. The Balaban J connectivity index is 2.03. The van der Waals surface area contributed by atoms with E-state index >= 15 is 0 Å². The van der Waals surface area contributed by atoms with E-state index in [1.54, 1.807) is 10.4 Å². The molecule has 0 aromatic carbocycles. The number of hydrogen-bond acceptors (Lipinski definition) is 3. The molecule has 90 valence electrons. The average molecular weight is 238 g/mol. The lowest BCUT2D eigenvalue weighted by molar-refractivity contribution is 0.143. The van der Waals surface area contributed by atoms with Crippen LogP contribution >= 0.6 is 11.3 Å². The molecule has 1 aromatic heterocycles. The van der Waals surface area contributed by atoms with Crippen molar-refractivity contribution in [3.63, 3.8) is 0 Å². The van der Waals surface area contributed by atoms with Crippen LogP contribution < -0.4 is 5.32 Å². The van der Waals surface area contributed by atoms with E-state index in [1.807, 2.05) is 11.3 Å². The fourth-order valence-corrected chi connectivity index (χ4v) is 3.56. The van der Waals surface area contributed by atoms with Gasteiger partial charge in [0.25, 0.3) is 0 Å². The van der Waals surface area contributed by atoms with Gasteiger partial charge in [-0.2, -0.15) is 0 Å². The SMILES string of the molecule is CCNCC(C)N1CCc2sccc2C1C. The summed E-state index contributed by atoms with van der Waals surface area (Å²) in [5, 5.41) is 5.68. The standard InChI is InChI=1S/C13H22N2S/c1-4-14-9-10(2)15-7-5-13-12(11(15)3)6-8-16-13/h6,8,10-11,14H,4-5,7,9H2,1-3H3. The molecule has 3 heteroatoms. The van der Waals surface area contributed by atoms with E-state index in [1.165, 1.54) is 13.0 Å². The Kier molecular flexibility index (Phi) is 4.00. The van der Waals surface area contributed by atoms with Crippen LogP contribution in [0, 0.1) is 0 Å². The van der Waals surface area contributed by atoms with Gasteiger partial charge in [0.1, 0.15) is 0 Å². The Bertz CT molecular complexity index is 334. The predicted octanol–water partition coefficient (Wildman–Crippen LogP) is 2.67. The number of likely N-dealkylation sites (N-methyl/N-ethyl adjacent to an activating group) is 1. The number of thiophene rings is 1. The number of nitrogens with one attached hydrogen (secondary N) is 1. The molecular formula is C13H22N2S. The average Bonchev–Trinajstić information content (AvgIpc) is 2.75. The first kappa shape index (κ1) is 12.1. The van der Waals surface area contributed by atoms with Crippen molar-refractivity contribution in [2.75, 3.05) is 19.6 Å². The van der Waals surface area contributed by atoms with E-state index in [0.717, 1.165) is 13.1 Å². The van der Waals surface area contributed by atoms with Crippen LogP contribution in [0.3, 0.4) is 0 Å². The van der Waals surface area contributed by atoms with Gasteiger partial charge in [-0.05, 0) is 43.8 Å². The minimum Gasteiger partial charge on any atom is -0.315 e. The van der Waals surface area contributed by atoms with E-state index in [9.17, 15) is 0 Å². The van der Waals surface area contributed by atoms with Crippen LogP contribution in [0.15, 0.2) is 11.4 Å². The zero-order valence-electron chi connectivity index (χ0n) is 10.5. The Morgan fingerprint density at radius 2 is 2.44 bits per heavy atom. The largest absolute Gasteiger partial charge is 0.315 e. The topological polar surface area (TPSA) is 15.3 Å². The fraction of sp³-hybridized carbons (Fsp3) is 0.692. The highest BCUT2D eigenvalue weighted by Gasteiger charge is 2.27. The molecule has 2 atom stereocenters. The highest BCUT2D eigenvalue weighted by molar-refractivity contribution is 7.10. The second-order valence-corrected chi connectivity index (χ2v) is 5.62. The molecule has 0 bridgehead atoms. The van der Waals surface area contributed by atoms with E-state index in [2.05, 4.69) is 42.4 Å². The number of rotatable bonds is 4. The van der Waals surface area contributed by atoms with Crippen LogP contribution in [0.25, 0.3) is 0 Å². The van der Waals surface area contributed by atoms with E-state index in [0.29, 0.717) is 12.1 Å². The molecule has 0 saturated heterocycles. The molecule has 1 aliphatic heterocycles. The summed E-state index contributed by atoms with van der Waals surface area (Å²) in [7, 11) is 0. The summed E-state index contributed by atoms with van der Waals surface area (Å²) >= 11 is 1.92. The summed E-state index contributed by atoms with van der Waals surface area (Å²) in [5.41, 5.74) is 1.56. The van der Waals surface area contributed by atoms with Crippen molar-refractivity contribution < 1.29 is 0 Å². The van der Waals surface area contributed by atoms with Crippen molar-refractivity contribution in [3.05, 3.63) is 21.9 Å². The van der Waals surface area contributed by atoms with Crippen molar-refractivity contribution in [2.45, 2.75) is 39.3 Å². The van der Waals surface area contributed by atoms with Gasteiger partial charge in [0.15, 0.2) is 0 Å². The van der Waals surface area contributed by atoms with Gasteiger partial charge >= 0.3 is 0 Å². The second kappa shape index (κ2) is 5.30. The third-order valence-corrected chi connectivity index (χ3v) is 4.58. The number of hydrogen-bond donors (Lipinski definition) is 1. The van der Waals surface area contributed by atoms with E-state index in [-0.39, 0.29) is 0 Å². The molecule has 2 rings (SSSR count). The van der Waals surface area contributed by atoms with Crippen molar-refractivity contribution >= 4 is 11.3 Å². The van der Waals surface area contributed by atoms with Crippen LogP contribution in [-0.2, 0) is 6.42 Å². The van der Waals surface area contributed by atoms with Crippen molar-refractivity contribution in [2.24, 2.45) is 0 Å². The van der Waals surface area contributed by atoms with E-state index in [4.69, 9.17) is 0 Å². The molecule has 16 heavy (non-hydrogen) atoms. The fourth-order valence-electron chi connectivity index (χ4n) is 2.60. The monoisotopic (exact) mass is 238 g/mol. The number of fused-ring (bicyclic) bond motifs is 1. The zero-order chi connectivity index (χ0) is 11.5. The molecule has 1 N–H and O–H groups in total. The Labute approximate surface area is 103 Å². The normalized spacial score (nSPS) is 23.1. The van der Waals surface area contributed by atoms with Crippen molar-refractivity contribution in [3.8, 4) is 0 Å². The molecule has 0 spiro atoms. The Morgan fingerprint density at radius 1 is 1.62 bits per heavy atom. The summed E-state index contributed by atoms with van der Waals surface area (Å²) < 4.78 is 0. The molecule has 0 amide bonds. The molecule has 1 aromatic rings. The lowest BCUT2D eigenvalue weighted by atomic mass is 9.99. The van der Waals surface area contributed by atoms with E-state index < -0.39 is 0 Å². The van der Waals surface area contributed by atoms with Crippen LogP contribution in [0.1, 0.15) is 37.3 Å². The molecule has 0 fully saturated rings. The minimum absolute atomic E-state index is 0.587. The number of nitrogens with zero attached hydrogens (tertiary/aromatic N) is 1. The third kappa shape index (κ3) is 2.31. The van der Waals surface area contributed by atoms with Gasteiger partial charge < -0.3 is 5.32 Å². The highest BCUT2D eigenvalue weighted by Crippen LogP contribution is 2.33. The quantitative estimate of drug-likeness (QED) is 0.867. The Hall–Kier alpha value is -0.380. The Morgan fingerprint density at radius 3 is 3.19 bits per heavy atom. The summed E-state index contributed by atoms with van der Waals surface area (Å²) in [6, 6.07) is 3.52. The van der Waals surface area contributed by atoms with Crippen molar-refractivity contribution in [1.82, 2.24) is 10.2 Å². The second-order valence-electron chi connectivity index (χ2n) is 4.62. The minimum atomic E-state index is 0.587. The van der Waals surface area contributed by atoms with Crippen molar-refractivity contribution in [1.29, 1.82) is 0 Å². The van der Waals surface area contributed by atoms with Gasteiger partial charge in [0.2, 0.25) is 0 Å². The maximum Gasteiger partial charge on any atom is 0.0334 e. The van der Waals surface area contributed by atoms with Gasteiger partial charge in [-0.15, -0.1) is 11.3 Å². The maximum absolute atomic E-state index is 3.44. The van der Waals surface area contributed by atoms with Crippen LogP contribution in [-0.4, -0.2) is 30.6 Å². The van der Waals surface area contributed by atoms with Gasteiger partial charge in [-0.1, -0.05) is 6.92 Å². The molecule has 2 heterocycles. The molecule has 0 saturated carbocycles. The first-order valence-electron chi connectivity index (χ1n) is 6.26. The third-order valence-electron chi connectivity index (χ3n) is 3.58. The molecule has 0 aliphatic carbocycles. The first-order chi connectivity index (χ1) is 7.74. The van der Waals surface area contributed by atoms with Crippen LogP contribution in [0.5, 0.6) is 0 Å². The van der Waals surface area contributed by atoms with Crippen LogP contribution in [0.4, 0.5) is 0 Å². The van der Waals surface area contributed by atoms with Crippen LogP contribution in [0.2, 0.25) is 0 Å². The highest BCUT2D eigenvalue weighted by atomic mass is 32.1. The predicted molar refractivity (Wildman–Crippen MR) is 71.1 cm³/mol. The molecule has 1 aliphatic rings. The van der Waals surface area contributed by atoms with Gasteiger partial charge in [-0.3, -0.25) is 4.90 Å². The summed E-state index contributed by atoms with van der Waals surface area (Å²) in [5.74, 6) is 0. The molecule has 0 radical (unpaired) electrons. The van der Waals surface area contributed by atoms with Gasteiger partial charge in [0.05, 0.1) is 0 Å². The summed E-state index contributed by atoms with van der Waals surface area (Å²) in [4.78, 5) is 4.22. The smallest absolute Gasteiger partial charge is 0.0334 e. The molecule has 2 nitrogen and oxygen atoms in total. The summed E-state index contributed by atoms with van der Waals surface area (Å²) in [6.45, 7) is 10.2. The lowest BCUT2D eigenvalue weighted by Crippen LogP contribution is -2.44. The maximum atomic E-state index is 3.44. The lowest BCUT2D eigenvalue weighted by Gasteiger charge is -2.38. The van der Waals surface area contributed by atoms with Gasteiger partial charge in [-0.25, -0.2) is 0 Å². The molecule has 2 unspecified atom stereocenters. The first-order valence-corrected chi connectivity index (χ1v) is 7.14. The summed E-state index contributed by atoms with van der Waals surface area (Å²) in [6.07, 6.45) is 1.23. The van der Waals surface area contributed by atoms with Gasteiger partial charge in [0, 0.05) is 30.1 Å².